The van der Waals surface area contributed by atoms with Crippen molar-refractivity contribution in [2.24, 2.45) is 5.73 Å². The molecule has 4 heteroatoms. The van der Waals surface area contributed by atoms with Crippen LogP contribution in [-0.2, 0) is 4.79 Å². The van der Waals surface area contributed by atoms with E-state index in [1.54, 1.807) is 0 Å². The minimum absolute atomic E-state index is 0.351. The molecule has 0 aromatic carbocycles. The molecule has 0 unspecified atom stereocenters. The molecule has 0 amide bonds. The number of aliphatic hydroxyl groups excluding tert-OH is 1. The smallest absolute Gasteiger partial charge is 0.232 e. The molecule has 0 aliphatic carbocycles. The average Bonchev–Trinajstić information content (AvgIpc) is 1.84. The van der Waals surface area contributed by atoms with Gasteiger partial charge in [0.2, 0.25) is 6.29 Å². The quantitative estimate of drug-likeness (QED) is 0.489. The maximum absolute atomic E-state index is 11.9. The van der Waals surface area contributed by atoms with Crippen molar-refractivity contribution in [1.29, 1.82) is 0 Å². The van der Waals surface area contributed by atoms with Crippen LogP contribution in [0.4, 0.5) is 4.39 Å². The van der Waals surface area contributed by atoms with Crippen LogP contribution in [0.5, 0.6) is 0 Å². The number of rotatable bonds is 3. The summed E-state index contributed by atoms with van der Waals surface area (Å²) in [6, 6.07) is 0. The van der Waals surface area contributed by atoms with Crippen LogP contribution in [0.15, 0.2) is 0 Å². The van der Waals surface area contributed by atoms with E-state index in [0.717, 1.165) is 6.29 Å². The molecule has 47 valence electrons. The molecule has 0 bridgehead atoms. The summed E-state index contributed by atoms with van der Waals surface area (Å²) in [4.78, 5) is 9.43. The van der Waals surface area contributed by atoms with Crippen molar-refractivity contribution in [3.63, 3.8) is 0 Å². The van der Waals surface area contributed by atoms with E-state index in [-0.39, 0.29) is 6.54 Å². The molecule has 8 heavy (non-hydrogen) atoms. The topological polar surface area (TPSA) is 63.3 Å². The van der Waals surface area contributed by atoms with Crippen LogP contribution in [0, 0.1) is 0 Å². The predicted octanol–water partition coefficient (Wildman–Crippen LogP) is -1.25. The zero-order valence-corrected chi connectivity index (χ0v) is 4.17. The van der Waals surface area contributed by atoms with Crippen molar-refractivity contribution in [1.82, 2.24) is 0 Å². The van der Waals surface area contributed by atoms with E-state index in [1.807, 2.05) is 0 Å². The van der Waals surface area contributed by atoms with Gasteiger partial charge in [0.25, 0.3) is 0 Å². The van der Waals surface area contributed by atoms with Gasteiger partial charge in [0.15, 0.2) is 6.10 Å². The lowest BCUT2D eigenvalue weighted by atomic mass is 10.2. The minimum Gasteiger partial charge on any atom is -0.382 e. The summed E-state index contributed by atoms with van der Waals surface area (Å²) in [5, 5.41) is 8.25. The lowest BCUT2D eigenvalue weighted by Crippen LogP contribution is -2.30. The molecular formula is C4H7FNO2. The van der Waals surface area contributed by atoms with E-state index in [9.17, 15) is 9.18 Å². The number of hydrogen-bond acceptors (Lipinski definition) is 3. The second-order valence-electron chi connectivity index (χ2n) is 1.31. The summed E-state index contributed by atoms with van der Waals surface area (Å²) < 4.78 is 11.9. The summed E-state index contributed by atoms with van der Waals surface area (Å²) in [5.41, 5.74) is 4.73. The second kappa shape index (κ2) is 3.51. The van der Waals surface area contributed by atoms with Crippen LogP contribution in [0.1, 0.15) is 0 Å². The molecule has 0 spiro atoms. The Labute approximate surface area is 46.3 Å². The second-order valence-corrected chi connectivity index (χ2v) is 1.31. The van der Waals surface area contributed by atoms with Crippen molar-refractivity contribution in [3.05, 3.63) is 0 Å². The molecule has 0 rings (SSSR count). The summed E-state index contributed by atoms with van der Waals surface area (Å²) >= 11 is 0. The van der Waals surface area contributed by atoms with Gasteiger partial charge in [0.05, 0.1) is 0 Å². The highest BCUT2D eigenvalue weighted by atomic mass is 19.1. The first-order chi connectivity index (χ1) is 3.72. The maximum atomic E-state index is 11.9. The molecule has 1 radical (unpaired) electrons. The van der Waals surface area contributed by atoms with Crippen LogP contribution in [0.2, 0.25) is 0 Å². The van der Waals surface area contributed by atoms with Crippen LogP contribution < -0.4 is 5.73 Å². The Bertz CT molecular complexity index is 78.4. The molecule has 3 nitrogen and oxygen atoms in total. The molecular weight excluding hydrogens is 113 g/mol. The van der Waals surface area contributed by atoms with Gasteiger partial charge >= 0.3 is 0 Å². The first-order valence-electron chi connectivity index (χ1n) is 2.12. The molecule has 2 atom stereocenters. The largest absolute Gasteiger partial charge is 0.382 e. The van der Waals surface area contributed by atoms with Gasteiger partial charge in [-0.2, -0.15) is 0 Å². The minimum atomic E-state index is -1.68. The first-order valence-corrected chi connectivity index (χ1v) is 2.12. The van der Waals surface area contributed by atoms with Crippen LogP contribution >= 0.6 is 0 Å². The molecule has 0 aromatic rings. The molecule has 3 N–H and O–H groups in total. The fourth-order valence-corrected chi connectivity index (χ4v) is 0.203. The number of aliphatic hydroxyl groups is 1. The van der Waals surface area contributed by atoms with Crippen molar-refractivity contribution in [3.8, 4) is 0 Å². The van der Waals surface area contributed by atoms with Gasteiger partial charge in [-0.25, -0.2) is 4.39 Å². The Morgan fingerprint density at radius 2 is 2.38 bits per heavy atom. The lowest BCUT2D eigenvalue weighted by molar-refractivity contribution is 0.133. The van der Waals surface area contributed by atoms with E-state index in [1.165, 1.54) is 0 Å². The number of hydrogen-bond donors (Lipinski definition) is 2. The highest BCUT2D eigenvalue weighted by molar-refractivity contribution is 5.57. The van der Waals surface area contributed by atoms with Crippen molar-refractivity contribution >= 4 is 6.29 Å². The molecule has 0 saturated carbocycles. The Kier molecular flexibility index (Phi) is 3.30. The Balaban J connectivity index is 3.44. The summed E-state index contributed by atoms with van der Waals surface area (Å²) in [6.45, 7) is -0.351. The van der Waals surface area contributed by atoms with E-state index in [4.69, 9.17) is 10.8 Å². The van der Waals surface area contributed by atoms with Gasteiger partial charge in [-0.1, -0.05) is 0 Å². The highest BCUT2D eigenvalue weighted by Gasteiger charge is 2.15. The maximum Gasteiger partial charge on any atom is 0.232 e. The van der Waals surface area contributed by atoms with Crippen molar-refractivity contribution in [2.75, 3.05) is 6.54 Å². The van der Waals surface area contributed by atoms with Gasteiger partial charge in [-0.15, -0.1) is 0 Å². The van der Waals surface area contributed by atoms with E-state index >= 15 is 0 Å². The van der Waals surface area contributed by atoms with Crippen LogP contribution in [-0.4, -0.2) is 30.2 Å². The van der Waals surface area contributed by atoms with Crippen molar-refractivity contribution < 1.29 is 14.3 Å². The van der Waals surface area contributed by atoms with E-state index < -0.39 is 12.3 Å². The van der Waals surface area contributed by atoms with Crippen LogP contribution in [0.3, 0.4) is 0 Å². The van der Waals surface area contributed by atoms with Gasteiger partial charge < -0.3 is 10.8 Å². The summed E-state index contributed by atoms with van der Waals surface area (Å²) in [7, 11) is 0. The number of alkyl halides is 1. The van der Waals surface area contributed by atoms with E-state index in [0.29, 0.717) is 0 Å². The third-order valence-electron chi connectivity index (χ3n) is 0.689. The molecule has 0 saturated heterocycles. The van der Waals surface area contributed by atoms with Gasteiger partial charge in [-0.3, -0.25) is 4.79 Å². The highest BCUT2D eigenvalue weighted by Crippen LogP contribution is 1.91. The fraction of sp³-hybridized carbons (Fsp3) is 0.750. The zero-order valence-electron chi connectivity index (χ0n) is 4.17. The molecule has 0 fully saturated rings. The van der Waals surface area contributed by atoms with Gasteiger partial charge in [0, 0.05) is 6.54 Å². The lowest BCUT2D eigenvalue weighted by Gasteiger charge is -2.03. The van der Waals surface area contributed by atoms with Crippen LogP contribution in [0.25, 0.3) is 0 Å². The summed E-state index contributed by atoms with van der Waals surface area (Å²) in [6.07, 6.45) is -2.29. The third-order valence-corrected chi connectivity index (χ3v) is 0.689. The summed E-state index contributed by atoms with van der Waals surface area (Å²) in [5.74, 6) is 0. The standard InChI is InChI=1S/C4H7FNO2/c5-3(1-6)4(8)2-7/h3-4,8H,1,6H2/t3-,4-/m1/s1. The predicted molar refractivity (Wildman–Crippen MR) is 25.7 cm³/mol. The monoisotopic (exact) mass is 120 g/mol. The Hall–Kier alpha value is -0.480. The average molecular weight is 120 g/mol. The first kappa shape index (κ1) is 7.52. The number of carbonyl (C=O) groups excluding carboxylic acids is 1. The normalized spacial score (nSPS) is 17.4. The number of halogens is 1. The third kappa shape index (κ3) is 1.99. The molecule has 0 aliphatic rings. The van der Waals surface area contributed by atoms with Crippen molar-refractivity contribution in [2.45, 2.75) is 12.3 Å². The molecule has 0 aromatic heterocycles. The number of nitrogens with two attached hydrogens (primary N) is 1. The zero-order chi connectivity index (χ0) is 6.57. The fourth-order valence-electron chi connectivity index (χ4n) is 0.203. The van der Waals surface area contributed by atoms with Gasteiger partial charge in [0.1, 0.15) is 6.17 Å². The van der Waals surface area contributed by atoms with E-state index in [2.05, 4.69) is 0 Å². The SMILES string of the molecule is NC[C@@H](F)[C@H](O)[C]=O. The van der Waals surface area contributed by atoms with Gasteiger partial charge in [-0.05, 0) is 0 Å². The Morgan fingerprint density at radius 1 is 1.88 bits per heavy atom. The molecule has 0 heterocycles. The Morgan fingerprint density at radius 3 is 2.50 bits per heavy atom. The molecule has 0 aliphatic heterocycles.